The number of carbonyl (C=O) groups excluding carboxylic acids is 2. The zero-order valence-electron chi connectivity index (χ0n) is 14.5. The van der Waals surface area contributed by atoms with Crippen molar-refractivity contribution in [3.8, 4) is 5.75 Å². The third kappa shape index (κ3) is 3.88. The molecule has 1 fully saturated rings. The SMILES string of the molecule is COc1ccccc1CNC(=O)C(=O)NCC(O)(c1ccco1)C1CC1. The van der Waals surface area contributed by atoms with Gasteiger partial charge < -0.3 is 24.9 Å². The highest BCUT2D eigenvalue weighted by Crippen LogP contribution is 2.45. The highest BCUT2D eigenvalue weighted by atomic mass is 16.5. The number of ether oxygens (including phenoxy) is 1. The maximum absolute atomic E-state index is 12.1. The average molecular weight is 358 g/mol. The first-order valence-corrected chi connectivity index (χ1v) is 8.49. The Labute approximate surface area is 151 Å². The zero-order valence-corrected chi connectivity index (χ0v) is 14.5. The van der Waals surface area contributed by atoms with Gasteiger partial charge in [-0.2, -0.15) is 0 Å². The summed E-state index contributed by atoms with van der Waals surface area (Å²) in [6.07, 6.45) is 3.19. The Balaban J connectivity index is 1.55. The minimum absolute atomic E-state index is 0.0191. The van der Waals surface area contributed by atoms with Gasteiger partial charge in [0.2, 0.25) is 0 Å². The zero-order chi connectivity index (χ0) is 18.6. The average Bonchev–Trinajstić information content (AvgIpc) is 3.38. The Kier molecular flexibility index (Phi) is 5.27. The summed E-state index contributed by atoms with van der Waals surface area (Å²) in [5.74, 6) is -0.520. The monoisotopic (exact) mass is 358 g/mol. The smallest absolute Gasteiger partial charge is 0.309 e. The van der Waals surface area contributed by atoms with E-state index < -0.39 is 17.4 Å². The number of furan rings is 1. The molecule has 0 saturated heterocycles. The summed E-state index contributed by atoms with van der Waals surface area (Å²) in [5, 5.41) is 15.9. The molecule has 3 rings (SSSR count). The Morgan fingerprint density at radius 2 is 1.92 bits per heavy atom. The molecule has 7 heteroatoms. The molecule has 1 unspecified atom stereocenters. The first-order valence-electron chi connectivity index (χ1n) is 8.49. The number of carbonyl (C=O) groups is 2. The summed E-state index contributed by atoms with van der Waals surface area (Å²) in [4.78, 5) is 24.1. The number of nitrogens with one attached hydrogen (secondary N) is 2. The number of hydrogen-bond acceptors (Lipinski definition) is 5. The van der Waals surface area contributed by atoms with E-state index in [0.717, 1.165) is 18.4 Å². The van der Waals surface area contributed by atoms with E-state index in [0.29, 0.717) is 11.5 Å². The molecule has 0 aliphatic heterocycles. The van der Waals surface area contributed by atoms with Gasteiger partial charge in [-0.15, -0.1) is 0 Å². The van der Waals surface area contributed by atoms with Gasteiger partial charge in [0.1, 0.15) is 17.1 Å². The summed E-state index contributed by atoms with van der Waals surface area (Å²) in [7, 11) is 1.54. The molecule has 7 nitrogen and oxygen atoms in total. The van der Waals surface area contributed by atoms with Crippen LogP contribution < -0.4 is 15.4 Å². The molecule has 138 valence electrons. The first-order chi connectivity index (χ1) is 12.5. The number of amides is 2. The van der Waals surface area contributed by atoms with Crippen molar-refractivity contribution in [3.63, 3.8) is 0 Å². The minimum atomic E-state index is -1.29. The molecule has 0 radical (unpaired) electrons. The third-order valence-electron chi connectivity index (χ3n) is 4.56. The van der Waals surface area contributed by atoms with Gasteiger partial charge in [0.15, 0.2) is 0 Å². The standard InChI is InChI=1S/C19H22N2O5/c1-25-15-6-3-2-5-13(15)11-20-17(22)18(23)21-12-19(24,14-8-9-14)16-7-4-10-26-16/h2-7,10,14,24H,8-9,11-12H2,1H3,(H,20,22)(H,21,23). The van der Waals surface area contributed by atoms with Gasteiger partial charge >= 0.3 is 11.8 Å². The van der Waals surface area contributed by atoms with Crippen molar-refractivity contribution in [2.45, 2.75) is 25.0 Å². The second-order valence-electron chi connectivity index (χ2n) is 6.35. The number of para-hydroxylation sites is 1. The van der Waals surface area contributed by atoms with E-state index in [1.165, 1.54) is 6.26 Å². The fourth-order valence-corrected chi connectivity index (χ4v) is 2.92. The van der Waals surface area contributed by atoms with E-state index in [2.05, 4.69) is 10.6 Å². The van der Waals surface area contributed by atoms with Crippen molar-refractivity contribution >= 4 is 11.8 Å². The van der Waals surface area contributed by atoms with Gasteiger partial charge in [-0.25, -0.2) is 0 Å². The molecule has 2 amide bonds. The first kappa shape index (κ1) is 18.0. The third-order valence-corrected chi connectivity index (χ3v) is 4.56. The van der Waals surface area contributed by atoms with Crippen LogP contribution in [0.1, 0.15) is 24.2 Å². The topological polar surface area (TPSA) is 101 Å². The number of aliphatic hydroxyl groups is 1. The van der Waals surface area contributed by atoms with Gasteiger partial charge in [0.25, 0.3) is 0 Å². The van der Waals surface area contributed by atoms with Crippen molar-refractivity contribution in [1.82, 2.24) is 10.6 Å². The van der Waals surface area contributed by atoms with Crippen molar-refractivity contribution in [3.05, 3.63) is 54.0 Å². The molecule has 2 aromatic rings. The predicted molar refractivity (Wildman–Crippen MR) is 93.2 cm³/mol. The van der Waals surface area contributed by atoms with Crippen LogP contribution in [-0.4, -0.2) is 30.6 Å². The molecule has 1 aromatic heterocycles. The van der Waals surface area contributed by atoms with Gasteiger partial charge in [0.05, 0.1) is 19.9 Å². The summed E-state index contributed by atoms with van der Waals surface area (Å²) < 4.78 is 10.5. The normalized spacial score (nSPS) is 15.8. The molecule has 0 bridgehead atoms. The lowest BCUT2D eigenvalue weighted by atomic mass is 9.94. The second kappa shape index (κ2) is 7.61. The number of hydrogen-bond donors (Lipinski definition) is 3. The van der Waals surface area contributed by atoms with Crippen LogP contribution in [0.2, 0.25) is 0 Å². The van der Waals surface area contributed by atoms with Gasteiger partial charge in [-0.05, 0) is 37.0 Å². The molecule has 1 saturated carbocycles. The second-order valence-corrected chi connectivity index (χ2v) is 6.35. The van der Waals surface area contributed by atoms with Crippen molar-refractivity contribution in [1.29, 1.82) is 0 Å². The van der Waals surface area contributed by atoms with Gasteiger partial charge in [-0.1, -0.05) is 18.2 Å². The lowest BCUT2D eigenvalue weighted by Gasteiger charge is -2.26. The maximum atomic E-state index is 12.1. The largest absolute Gasteiger partial charge is 0.496 e. The van der Waals surface area contributed by atoms with E-state index in [-0.39, 0.29) is 19.0 Å². The van der Waals surface area contributed by atoms with Crippen molar-refractivity contribution < 1.29 is 23.8 Å². The molecule has 1 aliphatic carbocycles. The quantitative estimate of drug-likeness (QED) is 0.648. The Bertz CT molecular complexity index is 770. The summed E-state index contributed by atoms with van der Waals surface area (Å²) in [5.41, 5.74) is -0.525. The van der Waals surface area contributed by atoms with E-state index in [9.17, 15) is 14.7 Å². The van der Waals surface area contributed by atoms with Crippen LogP contribution in [0.5, 0.6) is 5.75 Å². The number of benzene rings is 1. The molecule has 1 aromatic carbocycles. The van der Waals surface area contributed by atoms with E-state index in [1.807, 2.05) is 12.1 Å². The van der Waals surface area contributed by atoms with Crippen LogP contribution in [0.15, 0.2) is 47.1 Å². The molecule has 26 heavy (non-hydrogen) atoms. The Morgan fingerprint density at radius 1 is 1.19 bits per heavy atom. The molecule has 1 aliphatic rings. The maximum Gasteiger partial charge on any atom is 0.309 e. The van der Waals surface area contributed by atoms with E-state index in [4.69, 9.17) is 9.15 Å². The summed E-state index contributed by atoms with van der Waals surface area (Å²) in [6.45, 7) is 0.0907. The molecule has 3 N–H and O–H groups in total. The highest BCUT2D eigenvalue weighted by Gasteiger charge is 2.47. The fraction of sp³-hybridized carbons (Fsp3) is 0.368. The lowest BCUT2D eigenvalue weighted by molar-refractivity contribution is -0.140. The minimum Gasteiger partial charge on any atom is -0.496 e. The molecular weight excluding hydrogens is 336 g/mol. The Hall–Kier alpha value is -2.80. The highest BCUT2D eigenvalue weighted by molar-refractivity contribution is 6.35. The van der Waals surface area contributed by atoms with Crippen molar-refractivity contribution in [2.75, 3.05) is 13.7 Å². The summed E-state index contributed by atoms with van der Waals surface area (Å²) >= 11 is 0. The van der Waals surface area contributed by atoms with Crippen LogP contribution in [-0.2, 0) is 21.7 Å². The van der Waals surface area contributed by atoms with Crippen LogP contribution in [0.25, 0.3) is 0 Å². The van der Waals surface area contributed by atoms with Crippen LogP contribution >= 0.6 is 0 Å². The molecule has 0 spiro atoms. The molecular formula is C19H22N2O5. The van der Waals surface area contributed by atoms with Crippen LogP contribution in [0, 0.1) is 5.92 Å². The molecule has 1 atom stereocenters. The van der Waals surface area contributed by atoms with Gasteiger partial charge in [-0.3, -0.25) is 9.59 Å². The van der Waals surface area contributed by atoms with Gasteiger partial charge in [0, 0.05) is 12.1 Å². The predicted octanol–water partition coefficient (Wildman–Crippen LogP) is 1.32. The molecule has 1 heterocycles. The lowest BCUT2D eigenvalue weighted by Crippen LogP contribution is -2.47. The van der Waals surface area contributed by atoms with Crippen LogP contribution in [0.3, 0.4) is 0 Å². The van der Waals surface area contributed by atoms with Crippen molar-refractivity contribution in [2.24, 2.45) is 5.92 Å². The van der Waals surface area contributed by atoms with Crippen LogP contribution in [0.4, 0.5) is 0 Å². The van der Waals surface area contributed by atoms with E-state index in [1.54, 1.807) is 31.4 Å². The number of methoxy groups -OCH3 is 1. The number of rotatable bonds is 7. The fourth-order valence-electron chi connectivity index (χ4n) is 2.92. The Morgan fingerprint density at radius 3 is 2.58 bits per heavy atom. The summed E-state index contributed by atoms with van der Waals surface area (Å²) in [6, 6.07) is 10.6. The van der Waals surface area contributed by atoms with E-state index >= 15 is 0 Å².